The van der Waals surface area contributed by atoms with E-state index in [0.29, 0.717) is 12.5 Å². The van der Waals surface area contributed by atoms with Crippen LogP contribution < -0.4 is 9.64 Å². The third-order valence-corrected chi connectivity index (χ3v) is 3.60. The number of hydrogen-bond donors (Lipinski definition) is 1. The summed E-state index contributed by atoms with van der Waals surface area (Å²) in [6, 6.07) is 0.00401. The van der Waals surface area contributed by atoms with Crippen LogP contribution in [0.4, 0.5) is 5.82 Å². The van der Waals surface area contributed by atoms with E-state index in [1.165, 1.54) is 6.33 Å². The van der Waals surface area contributed by atoms with Gasteiger partial charge in [0.25, 0.3) is 0 Å². The first kappa shape index (κ1) is 14.6. The molecular formula is C14H21N3O3. The lowest BCUT2D eigenvalue weighted by Gasteiger charge is -2.36. The van der Waals surface area contributed by atoms with Crippen molar-refractivity contribution in [1.82, 2.24) is 9.97 Å². The molecule has 0 saturated carbocycles. The van der Waals surface area contributed by atoms with E-state index < -0.39 is 5.97 Å². The minimum Gasteiger partial charge on any atom is -0.481 e. The van der Waals surface area contributed by atoms with Crippen LogP contribution in [-0.2, 0) is 4.79 Å². The van der Waals surface area contributed by atoms with Crippen molar-refractivity contribution in [3.8, 4) is 5.88 Å². The lowest BCUT2D eigenvalue weighted by atomic mass is 9.99. The Morgan fingerprint density at radius 3 is 3.00 bits per heavy atom. The molecule has 0 aliphatic carbocycles. The molecule has 1 N–H and O–H groups in total. The number of anilines is 1. The molecule has 0 amide bonds. The maximum atomic E-state index is 11.0. The molecule has 1 saturated heterocycles. The van der Waals surface area contributed by atoms with Crippen LogP contribution in [0, 0.1) is 6.92 Å². The van der Waals surface area contributed by atoms with Crippen LogP contribution in [0.3, 0.4) is 0 Å². The Morgan fingerprint density at radius 2 is 2.30 bits per heavy atom. The molecule has 6 heteroatoms. The molecule has 0 bridgehead atoms. The summed E-state index contributed by atoms with van der Waals surface area (Å²) in [7, 11) is 0. The summed E-state index contributed by atoms with van der Waals surface area (Å²) in [5, 5.41) is 9.05. The quantitative estimate of drug-likeness (QED) is 0.888. The summed E-state index contributed by atoms with van der Waals surface area (Å²) in [5.41, 5.74) is 0.881. The Labute approximate surface area is 118 Å². The van der Waals surface area contributed by atoms with Crippen LogP contribution in [0.15, 0.2) is 6.33 Å². The monoisotopic (exact) mass is 279 g/mol. The van der Waals surface area contributed by atoms with Gasteiger partial charge in [-0.15, -0.1) is 0 Å². The van der Waals surface area contributed by atoms with Crippen molar-refractivity contribution in [2.45, 2.75) is 45.6 Å². The number of carboxylic acids is 1. The molecule has 1 fully saturated rings. The van der Waals surface area contributed by atoms with Gasteiger partial charge >= 0.3 is 5.97 Å². The Hall–Kier alpha value is -1.85. The van der Waals surface area contributed by atoms with Gasteiger partial charge in [0.1, 0.15) is 12.1 Å². The second kappa shape index (κ2) is 6.54. The van der Waals surface area contributed by atoms with Gasteiger partial charge in [0.05, 0.1) is 18.6 Å². The minimum absolute atomic E-state index is 0.00401. The van der Waals surface area contributed by atoms with Gasteiger partial charge in [0.15, 0.2) is 0 Å². The van der Waals surface area contributed by atoms with E-state index in [1.807, 2.05) is 13.8 Å². The zero-order valence-corrected chi connectivity index (χ0v) is 12.0. The number of aromatic nitrogens is 2. The van der Waals surface area contributed by atoms with Crippen molar-refractivity contribution in [2.24, 2.45) is 0 Å². The molecule has 1 aromatic rings. The van der Waals surface area contributed by atoms with Crippen LogP contribution >= 0.6 is 0 Å². The van der Waals surface area contributed by atoms with Crippen molar-refractivity contribution in [3.05, 3.63) is 11.9 Å². The number of aliphatic carboxylic acids is 1. The van der Waals surface area contributed by atoms with Gasteiger partial charge in [-0.3, -0.25) is 4.79 Å². The Kier molecular flexibility index (Phi) is 4.76. The molecule has 110 valence electrons. The van der Waals surface area contributed by atoms with E-state index in [4.69, 9.17) is 9.84 Å². The summed E-state index contributed by atoms with van der Waals surface area (Å²) in [4.78, 5) is 21.6. The molecule has 0 aromatic carbocycles. The van der Waals surface area contributed by atoms with Gasteiger partial charge in [-0.1, -0.05) is 0 Å². The number of carbonyl (C=O) groups is 1. The summed E-state index contributed by atoms with van der Waals surface area (Å²) in [6.07, 6.45) is 4.65. The number of hydrogen-bond acceptors (Lipinski definition) is 5. The molecular weight excluding hydrogens is 258 g/mol. The van der Waals surface area contributed by atoms with E-state index in [0.717, 1.165) is 37.2 Å². The lowest BCUT2D eigenvalue weighted by Crippen LogP contribution is -2.41. The van der Waals surface area contributed by atoms with Gasteiger partial charge < -0.3 is 14.7 Å². The second-order valence-corrected chi connectivity index (χ2v) is 5.00. The lowest BCUT2D eigenvalue weighted by molar-refractivity contribution is -0.137. The standard InChI is InChI=1S/C14H21N3O3/c1-3-20-14-10(2)13(15-9-16-14)17-7-5-4-6-11(17)8-12(18)19/h9,11H,3-8H2,1-2H3,(H,18,19). The van der Waals surface area contributed by atoms with Crippen molar-refractivity contribution in [3.63, 3.8) is 0 Å². The highest BCUT2D eigenvalue weighted by molar-refractivity contribution is 5.68. The van der Waals surface area contributed by atoms with Crippen molar-refractivity contribution < 1.29 is 14.6 Å². The van der Waals surface area contributed by atoms with E-state index in [-0.39, 0.29) is 12.5 Å². The van der Waals surface area contributed by atoms with E-state index >= 15 is 0 Å². The van der Waals surface area contributed by atoms with Crippen molar-refractivity contribution in [2.75, 3.05) is 18.1 Å². The third-order valence-electron chi connectivity index (χ3n) is 3.60. The normalized spacial score (nSPS) is 18.9. The molecule has 0 spiro atoms. The maximum Gasteiger partial charge on any atom is 0.305 e. The van der Waals surface area contributed by atoms with Crippen molar-refractivity contribution >= 4 is 11.8 Å². The number of rotatable bonds is 5. The highest BCUT2D eigenvalue weighted by Gasteiger charge is 2.27. The number of ether oxygens (including phenoxy) is 1. The SMILES string of the molecule is CCOc1ncnc(N2CCCCC2CC(=O)O)c1C. The largest absolute Gasteiger partial charge is 0.481 e. The first-order valence-electron chi connectivity index (χ1n) is 7.06. The molecule has 1 aliphatic rings. The maximum absolute atomic E-state index is 11.0. The predicted octanol–water partition coefficient (Wildman–Crippen LogP) is 2.02. The third kappa shape index (κ3) is 3.18. The average molecular weight is 279 g/mol. The van der Waals surface area contributed by atoms with Gasteiger partial charge in [0, 0.05) is 12.6 Å². The molecule has 6 nitrogen and oxygen atoms in total. The molecule has 1 aliphatic heterocycles. The summed E-state index contributed by atoms with van der Waals surface area (Å²) < 4.78 is 5.49. The fourth-order valence-electron chi connectivity index (χ4n) is 2.69. The first-order valence-corrected chi connectivity index (χ1v) is 7.06. The molecule has 1 aromatic heterocycles. The van der Waals surface area contributed by atoms with Crippen LogP contribution in [0.2, 0.25) is 0 Å². The van der Waals surface area contributed by atoms with Crippen LogP contribution in [0.5, 0.6) is 5.88 Å². The van der Waals surface area contributed by atoms with E-state index in [1.54, 1.807) is 0 Å². The van der Waals surface area contributed by atoms with Gasteiger partial charge in [-0.2, -0.15) is 0 Å². The fraction of sp³-hybridized carbons (Fsp3) is 0.643. The summed E-state index contributed by atoms with van der Waals surface area (Å²) >= 11 is 0. The highest BCUT2D eigenvalue weighted by Crippen LogP contribution is 2.30. The second-order valence-electron chi connectivity index (χ2n) is 5.00. The summed E-state index contributed by atoms with van der Waals surface area (Å²) in [5.74, 6) is 0.616. The van der Waals surface area contributed by atoms with Crippen LogP contribution in [0.1, 0.15) is 38.2 Å². The Balaban J connectivity index is 2.27. The summed E-state index contributed by atoms with van der Waals surface area (Å²) in [6.45, 7) is 5.22. The van der Waals surface area contributed by atoms with Gasteiger partial charge in [0.2, 0.25) is 5.88 Å². The fourth-order valence-corrected chi connectivity index (χ4v) is 2.69. The number of carboxylic acid groups (broad SMARTS) is 1. The molecule has 2 heterocycles. The van der Waals surface area contributed by atoms with Gasteiger partial charge in [-0.05, 0) is 33.1 Å². The molecule has 1 atom stereocenters. The van der Waals surface area contributed by atoms with E-state index in [9.17, 15) is 4.79 Å². The smallest absolute Gasteiger partial charge is 0.305 e. The minimum atomic E-state index is -0.765. The Bertz CT molecular complexity index is 479. The number of nitrogens with zero attached hydrogens (tertiary/aromatic N) is 3. The van der Waals surface area contributed by atoms with Crippen LogP contribution in [0.25, 0.3) is 0 Å². The van der Waals surface area contributed by atoms with Gasteiger partial charge in [-0.25, -0.2) is 9.97 Å². The van der Waals surface area contributed by atoms with Crippen molar-refractivity contribution in [1.29, 1.82) is 0 Å². The topological polar surface area (TPSA) is 75.6 Å². The average Bonchev–Trinajstić information content (AvgIpc) is 2.42. The van der Waals surface area contributed by atoms with E-state index in [2.05, 4.69) is 14.9 Å². The number of piperidine rings is 1. The highest BCUT2D eigenvalue weighted by atomic mass is 16.5. The zero-order valence-electron chi connectivity index (χ0n) is 12.0. The molecule has 20 heavy (non-hydrogen) atoms. The molecule has 0 radical (unpaired) electrons. The Morgan fingerprint density at radius 1 is 1.50 bits per heavy atom. The van der Waals surface area contributed by atoms with Crippen LogP contribution in [-0.4, -0.2) is 40.2 Å². The zero-order chi connectivity index (χ0) is 14.5. The molecule has 1 unspecified atom stereocenters. The predicted molar refractivity (Wildman–Crippen MR) is 75.2 cm³/mol. The first-order chi connectivity index (χ1) is 9.63. The molecule has 2 rings (SSSR count).